The molecule has 1 aromatic heterocycles. The molecule has 108 valence electrons. The van der Waals surface area contributed by atoms with Gasteiger partial charge in [0.05, 0.1) is 10.9 Å². The van der Waals surface area contributed by atoms with E-state index in [2.05, 4.69) is 30.6 Å². The van der Waals surface area contributed by atoms with Crippen molar-refractivity contribution in [2.24, 2.45) is 0 Å². The van der Waals surface area contributed by atoms with E-state index in [4.69, 9.17) is 0 Å². The van der Waals surface area contributed by atoms with Gasteiger partial charge in [-0.2, -0.15) is 0 Å². The Morgan fingerprint density at radius 3 is 2.80 bits per heavy atom. The van der Waals surface area contributed by atoms with E-state index in [0.717, 1.165) is 12.1 Å². The summed E-state index contributed by atoms with van der Waals surface area (Å²) in [5.41, 5.74) is 0. The molecular formula is C12H13BrFN3O2S. The Morgan fingerprint density at radius 2 is 2.25 bits per heavy atom. The van der Waals surface area contributed by atoms with Crippen molar-refractivity contribution in [2.45, 2.75) is 24.3 Å². The largest absolute Gasteiger partial charge is 0.347 e. The number of sulfonamides is 1. The number of aromatic amines is 1. The van der Waals surface area contributed by atoms with E-state index >= 15 is 0 Å². The van der Waals surface area contributed by atoms with Crippen LogP contribution in [-0.4, -0.2) is 18.4 Å². The summed E-state index contributed by atoms with van der Waals surface area (Å²) in [5.74, 6) is 0.0308. The molecule has 0 saturated carbocycles. The highest BCUT2D eigenvalue weighted by molar-refractivity contribution is 9.10. The van der Waals surface area contributed by atoms with Crippen molar-refractivity contribution in [3.05, 3.63) is 46.7 Å². The lowest BCUT2D eigenvalue weighted by molar-refractivity contribution is 0.538. The number of aromatic nitrogens is 2. The smallest absolute Gasteiger partial charge is 0.242 e. The zero-order valence-electron chi connectivity index (χ0n) is 10.6. The molecule has 1 unspecified atom stereocenters. The molecule has 8 heteroatoms. The molecule has 0 radical (unpaired) electrons. The number of benzene rings is 1. The third-order valence-corrected chi connectivity index (χ3v) is 5.19. The van der Waals surface area contributed by atoms with Gasteiger partial charge in [-0.1, -0.05) is 6.92 Å². The lowest BCUT2D eigenvalue weighted by Crippen LogP contribution is -2.29. The highest BCUT2D eigenvalue weighted by Gasteiger charge is 2.23. The van der Waals surface area contributed by atoms with Crippen molar-refractivity contribution >= 4 is 26.0 Å². The second kappa shape index (κ2) is 6.02. The van der Waals surface area contributed by atoms with E-state index in [1.54, 1.807) is 12.4 Å². The van der Waals surface area contributed by atoms with Gasteiger partial charge in [0.1, 0.15) is 11.6 Å². The van der Waals surface area contributed by atoms with E-state index in [1.807, 2.05) is 6.92 Å². The zero-order valence-corrected chi connectivity index (χ0v) is 13.0. The standard InChI is InChI=1S/C12H13BrFN3O2S/c1-2-10(12-15-5-6-16-12)17-20(18,19)11-4-3-8(14)7-9(11)13/h3-7,10,17H,2H2,1H3,(H,15,16). The Balaban J connectivity index is 2.31. The number of hydrogen-bond acceptors (Lipinski definition) is 3. The van der Waals surface area contributed by atoms with Gasteiger partial charge in [0, 0.05) is 16.9 Å². The Labute approximate surface area is 124 Å². The minimum atomic E-state index is -3.77. The van der Waals surface area contributed by atoms with Gasteiger partial charge in [0.25, 0.3) is 0 Å². The van der Waals surface area contributed by atoms with Crippen molar-refractivity contribution in [3.8, 4) is 0 Å². The predicted molar refractivity (Wildman–Crippen MR) is 76.0 cm³/mol. The van der Waals surface area contributed by atoms with Crippen molar-refractivity contribution in [1.29, 1.82) is 0 Å². The number of hydrogen-bond donors (Lipinski definition) is 2. The van der Waals surface area contributed by atoms with Crippen molar-refractivity contribution < 1.29 is 12.8 Å². The van der Waals surface area contributed by atoms with Crippen molar-refractivity contribution in [2.75, 3.05) is 0 Å². The van der Waals surface area contributed by atoms with Gasteiger partial charge in [0.15, 0.2) is 0 Å². The average Bonchev–Trinajstić information content (AvgIpc) is 2.89. The lowest BCUT2D eigenvalue weighted by atomic mass is 10.2. The topological polar surface area (TPSA) is 74.8 Å². The molecule has 0 aliphatic rings. The molecular weight excluding hydrogens is 349 g/mol. The fraction of sp³-hybridized carbons (Fsp3) is 0.250. The maximum absolute atomic E-state index is 13.0. The Hall–Kier alpha value is -1.25. The highest BCUT2D eigenvalue weighted by atomic mass is 79.9. The molecule has 0 saturated heterocycles. The van der Waals surface area contributed by atoms with Gasteiger partial charge in [-0.05, 0) is 40.5 Å². The minimum Gasteiger partial charge on any atom is -0.347 e. The first-order valence-corrected chi connectivity index (χ1v) is 8.18. The average molecular weight is 362 g/mol. The van der Waals surface area contributed by atoms with E-state index in [1.165, 1.54) is 6.07 Å². The van der Waals surface area contributed by atoms with Crippen LogP contribution in [0.5, 0.6) is 0 Å². The van der Waals surface area contributed by atoms with Gasteiger partial charge in [0.2, 0.25) is 10.0 Å². The number of halogens is 2. The fourth-order valence-electron chi connectivity index (χ4n) is 1.74. The summed E-state index contributed by atoms with van der Waals surface area (Å²) in [6.45, 7) is 1.84. The number of imidazole rings is 1. The quantitative estimate of drug-likeness (QED) is 0.859. The summed E-state index contributed by atoms with van der Waals surface area (Å²) in [4.78, 5) is 6.91. The van der Waals surface area contributed by atoms with Gasteiger partial charge in [-0.15, -0.1) is 0 Å². The third-order valence-electron chi connectivity index (χ3n) is 2.74. The van der Waals surface area contributed by atoms with Crippen molar-refractivity contribution in [1.82, 2.24) is 14.7 Å². The SMILES string of the molecule is CCC(NS(=O)(=O)c1ccc(F)cc1Br)c1ncc[nH]1. The monoisotopic (exact) mass is 361 g/mol. The molecule has 2 aromatic rings. The molecule has 1 atom stereocenters. The van der Waals surface area contributed by atoms with Crippen LogP contribution < -0.4 is 4.72 Å². The molecule has 1 heterocycles. The van der Waals surface area contributed by atoms with Crippen LogP contribution in [0.25, 0.3) is 0 Å². The van der Waals surface area contributed by atoms with Gasteiger partial charge >= 0.3 is 0 Å². The summed E-state index contributed by atoms with van der Waals surface area (Å²) >= 11 is 3.06. The molecule has 0 aliphatic carbocycles. The van der Waals surface area contributed by atoms with Crippen LogP contribution in [0.4, 0.5) is 4.39 Å². The first kappa shape index (κ1) is 15.1. The van der Waals surface area contributed by atoms with Crippen LogP contribution in [0.2, 0.25) is 0 Å². The summed E-state index contributed by atoms with van der Waals surface area (Å²) < 4.78 is 40.4. The number of nitrogens with one attached hydrogen (secondary N) is 2. The normalized spacial score (nSPS) is 13.3. The number of H-pyrrole nitrogens is 1. The highest BCUT2D eigenvalue weighted by Crippen LogP contribution is 2.24. The fourth-order valence-corrected chi connectivity index (χ4v) is 4.08. The first-order chi connectivity index (χ1) is 9.44. The second-order valence-corrected chi connectivity index (χ2v) is 6.67. The lowest BCUT2D eigenvalue weighted by Gasteiger charge is -2.15. The molecule has 20 heavy (non-hydrogen) atoms. The molecule has 0 spiro atoms. The summed E-state index contributed by atoms with van der Waals surface area (Å²) in [6.07, 6.45) is 3.71. The Morgan fingerprint density at radius 1 is 1.50 bits per heavy atom. The van der Waals surface area contributed by atoms with Crippen LogP contribution >= 0.6 is 15.9 Å². The summed E-state index contributed by atoms with van der Waals surface area (Å²) in [7, 11) is -3.77. The number of nitrogens with zero attached hydrogens (tertiary/aromatic N) is 1. The molecule has 0 aliphatic heterocycles. The Bertz CT molecular complexity index is 689. The van der Waals surface area contributed by atoms with Gasteiger partial charge < -0.3 is 4.98 Å². The van der Waals surface area contributed by atoms with Crippen LogP contribution in [0.1, 0.15) is 25.2 Å². The van der Waals surface area contributed by atoms with E-state index in [-0.39, 0.29) is 9.37 Å². The maximum Gasteiger partial charge on any atom is 0.242 e. The maximum atomic E-state index is 13.0. The molecule has 0 fully saturated rings. The van der Waals surface area contributed by atoms with Gasteiger partial charge in [-0.3, -0.25) is 0 Å². The summed E-state index contributed by atoms with van der Waals surface area (Å²) in [6, 6.07) is 2.97. The summed E-state index contributed by atoms with van der Waals surface area (Å²) in [5, 5.41) is 0. The third kappa shape index (κ3) is 3.25. The van der Waals surface area contributed by atoms with Gasteiger partial charge in [-0.25, -0.2) is 22.5 Å². The van der Waals surface area contributed by atoms with Crippen LogP contribution in [0.15, 0.2) is 40.0 Å². The predicted octanol–water partition coefficient (Wildman–Crippen LogP) is 2.74. The first-order valence-electron chi connectivity index (χ1n) is 5.90. The van der Waals surface area contributed by atoms with E-state index < -0.39 is 21.9 Å². The molecule has 2 rings (SSSR count). The Kier molecular flexibility index (Phi) is 4.56. The molecule has 0 amide bonds. The molecule has 1 aromatic carbocycles. The van der Waals surface area contributed by atoms with E-state index in [0.29, 0.717) is 12.2 Å². The van der Waals surface area contributed by atoms with Crippen LogP contribution in [-0.2, 0) is 10.0 Å². The molecule has 5 nitrogen and oxygen atoms in total. The van der Waals surface area contributed by atoms with Crippen LogP contribution in [0.3, 0.4) is 0 Å². The molecule has 2 N–H and O–H groups in total. The zero-order chi connectivity index (χ0) is 14.8. The number of rotatable bonds is 5. The molecule has 0 bridgehead atoms. The van der Waals surface area contributed by atoms with Crippen LogP contribution in [0, 0.1) is 5.82 Å². The van der Waals surface area contributed by atoms with Crippen molar-refractivity contribution in [3.63, 3.8) is 0 Å². The second-order valence-electron chi connectivity index (χ2n) is 4.13. The van der Waals surface area contributed by atoms with E-state index in [9.17, 15) is 12.8 Å². The minimum absolute atomic E-state index is 0.0103.